The van der Waals surface area contributed by atoms with Crippen molar-refractivity contribution < 1.29 is 9.84 Å². The van der Waals surface area contributed by atoms with Gasteiger partial charge in [0.05, 0.1) is 12.7 Å². The van der Waals surface area contributed by atoms with E-state index in [9.17, 15) is 5.11 Å². The Bertz CT molecular complexity index is 617. The zero-order valence-electron chi connectivity index (χ0n) is 12.2. The number of aliphatic hydroxyl groups is 1. The molecule has 0 aromatic heterocycles. The van der Waals surface area contributed by atoms with Gasteiger partial charge in [-0.1, -0.05) is 46.3 Å². The zero-order chi connectivity index (χ0) is 15.5. The summed E-state index contributed by atoms with van der Waals surface area (Å²) in [5, 5.41) is 11.0. The maximum Gasteiger partial charge on any atom is 0.119 e. The Kier molecular flexibility index (Phi) is 4.86. The lowest BCUT2D eigenvalue weighted by Gasteiger charge is -2.32. The predicted octanol–water partition coefficient (Wildman–Crippen LogP) is 4.64. The van der Waals surface area contributed by atoms with Crippen molar-refractivity contribution in [1.82, 2.24) is 0 Å². The van der Waals surface area contributed by atoms with E-state index in [1.54, 1.807) is 13.2 Å². The van der Waals surface area contributed by atoms with Crippen LogP contribution in [0, 0.1) is 0 Å². The van der Waals surface area contributed by atoms with Gasteiger partial charge in [0.15, 0.2) is 0 Å². The summed E-state index contributed by atoms with van der Waals surface area (Å²) in [5.41, 5.74) is 0.769. The maximum atomic E-state index is 11.0. The van der Waals surface area contributed by atoms with Gasteiger partial charge in [-0.15, -0.1) is 6.58 Å². The topological polar surface area (TPSA) is 29.5 Å². The van der Waals surface area contributed by atoms with Gasteiger partial charge >= 0.3 is 0 Å². The van der Waals surface area contributed by atoms with Gasteiger partial charge in [-0.05, 0) is 42.3 Å². The number of hydrogen-bond donors (Lipinski definition) is 1. The third-order valence-electron chi connectivity index (χ3n) is 3.72. The largest absolute Gasteiger partial charge is 0.497 e. The number of methoxy groups -OCH3 is 1. The van der Waals surface area contributed by atoms with E-state index < -0.39 is 5.60 Å². The van der Waals surface area contributed by atoms with Crippen LogP contribution < -0.4 is 4.74 Å². The second kappa shape index (κ2) is 6.46. The van der Waals surface area contributed by atoms with E-state index in [-0.39, 0.29) is 5.92 Å². The van der Waals surface area contributed by atoms with E-state index >= 15 is 0 Å². The van der Waals surface area contributed by atoms with Crippen molar-refractivity contribution in [3.63, 3.8) is 0 Å². The second-order valence-electron chi connectivity index (χ2n) is 5.14. The molecule has 0 radical (unpaired) electrons. The van der Waals surface area contributed by atoms with E-state index in [0.29, 0.717) is 0 Å². The molecule has 1 N–H and O–H groups in total. The average Bonchev–Trinajstić information content (AvgIpc) is 2.48. The SMILES string of the molecule is C=C[C@H](c1cccc(OC)c1)[C@](C)(O)c1ccc(Br)cc1. The Morgan fingerprint density at radius 1 is 1.24 bits per heavy atom. The van der Waals surface area contributed by atoms with Crippen LogP contribution in [0.15, 0.2) is 65.7 Å². The summed E-state index contributed by atoms with van der Waals surface area (Å²) in [6, 6.07) is 15.4. The average molecular weight is 347 g/mol. The molecule has 0 aliphatic carbocycles. The van der Waals surface area contributed by atoms with Crippen molar-refractivity contribution >= 4 is 15.9 Å². The fraction of sp³-hybridized carbons (Fsp3) is 0.222. The molecular formula is C18H19BrO2. The molecule has 0 aliphatic heterocycles. The summed E-state index contributed by atoms with van der Waals surface area (Å²) in [4.78, 5) is 0. The molecule has 0 aliphatic rings. The smallest absolute Gasteiger partial charge is 0.119 e. The Hall–Kier alpha value is -1.58. The van der Waals surface area contributed by atoms with Gasteiger partial charge < -0.3 is 9.84 Å². The molecule has 0 bridgehead atoms. The van der Waals surface area contributed by atoms with Gasteiger partial charge in [0.25, 0.3) is 0 Å². The summed E-state index contributed by atoms with van der Waals surface area (Å²) >= 11 is 3.41. The summed E-state index contributed by atoms with van der Waals surface area (Å²) in [7, 11) is 1.63. The van der Waals surface area contributed by atoms with E-state index in [2.05, 4.69) is 22.5 Å². The van der Waals surface area contributed by atoms with Crippen LogP contribution in [0.3, 0.4) is 0 Å². The molecule has 0 fully saturated rings. The van der Waals surface area contributed by atoms with Crippen molar-refractivity contribution in [2.45, 2.75) is 18.4 Å². The van der Waals surface area contributed by atoms with E-state index in [1.165, 1.54) is 0 Å². The quantitative estimate of drug-likeness (QED) is 0.799. The number of halogens is 1. The monoisotopic (exact) mass is 346 g/mol. The molecule has 2 nitrogen and oxygen atoms in total. The minimum atomic E-state index is -1.05. The molecule has 0 saturated heterocycles. The number of ether oxygens (including phenoxy) is 1. The second-order valence-corrected chi connectivity index (χ2v) is 6.06. The van der Waals surface area contributed by atoms with Crippen LogP contribution in [0.5, 0.6) is 5.75 Å². The first-order chi connectivity index (χ1) is 9.98. The number of rotatable bonds is 5. The highest BCUT2D eigenvalue weighted by Gasteiger charge is 2.33. The van der Waals surface area contributed by atoms with Crippen molar-refractivity contribution in [2.24, 2.45) is 0 Å². The third-order valence-corrected chi connectivity index (χ3v) is 4.25. The van der Waals surface area contributed by atoms with Gasteiger partial charge in [-0.25, -0.2) is 0 Å². The molecule has 0 unspecified atom stereocenters. The Labute approximate surface area is 134 Å². The van der Waals surface area contributed by atoms with Crippen molar-refractivity contribution in [3.8, 4) is 5.75 Å². The minimum absolute atomic E-state index is 0.228. The van der Waals surface area contributed by atoms with Crippen LogP contribution in [-0.4, -0.2) is 12.2 Å². The lowest BCUT2D eigenvalue weighted by Crippen LogP contribution is -2.29. The molecule has 0 saturated carbocycles. The maximum absolute atomic E-state index is 11.0. The first-order valence-corrected chi connectivity index (χ1v) is 7.53. The van der Waals surface area contributed by atoms with Crippen molar-refractivity contribution in [3.05, 3.63) is 76.8 Å². The summed E-state index contributed by atoms with van der Waals surface area (Å²) in [6.45, 7) is 5.70. The summed E-state index contributed by atoms with van der Waals surface area (Å²) < 4.78 is 6.25. The van der Waals surface area contributed by atoms with E-state index in [4.69, 9.17) is 4.74 Å². The predicted molar refractivity (Wildman–Crippen MR) is 89.6 cm³/mol. The molecule has 2 atom stereocenters. The number of hydrogen-bond acceptors (Lipinski definition) is 2. The van der Waals surface area contributed by atoms with Crippen LogP contribution in [0.1, 0.15) is 24.0 Å². The van der Waals surface area contributed by atoms with E-state index in [1.807, 2.05) is 55.5 Å². The van der Waals surface area contributed by atoms with Crippen LogP contribution in [0.4, 0.5) is 0 Å². The molecule has 0 heterocycles. The Morgan fingerprint density at radius 3 is 2.48 bits per heavy atom. The highest BCUT2D eigenvalue weighted by atomic mass is 79.9. The first kappa shape index (κ1) is 15.8. The van der Waals surface area contributed by atoms with Crippen LogP contribution in [-0.2, 0) is 5.60 Å². The lowest BCUT2D eigenvalue weighted by atomic mass is 9.78. The lowest BCUT2D eigenvalue weighted by molar-refractivity contribution is 0.0416. The van der Waals surface area contributed by atoms with Crippen molar-refractivity contribution in [1.29, 1.82) is 0 Å². The molecule has 110 valence electrons. The van der Waals surface area contributed by atoms with Gasteiger partial charge in [0, 0.05) is 10.4 Å². The molecule has 21 heavy (non-hydrogen) atoms. The van der Waals surface area contributed by atoms with Crippen LogP contribution >= 0.6 is 15.9 Å². The van der Waals surface area contributed by atoms with Gasteiger partial charge in [0.1, 0.15) is 5.75 Å². The molecule has 3 heteroatoms. The molecule has 0 amide bonds. The third kappa shape index (κ3) is 3.36. The first-order valence-electron chi connectivity index (χ1n) is 6.74. The van der Waals surface area contributed by atoms with Crippen molar-refractivity contribution in [2.75, 3.05) is 7.11 Å². The molecule has 0 spiro atoms. The summed E-state index contributed by atoms with van der Waals surface area (Å²) in [6.07, 6.45) is 1.77. The fourth-order valence-electron chi connectivity index (χ4n) is 2.49. The Balaban J connectivity index is 2.43. The standard InChI is InChI=1S/C18H19BrO2/c1-4-17(13-6-5-7-16(12-13)21-3)18(2,20)14-8-10-15(19)11-9-14/h4-12,17,20H,1H2,2-3H3/t17-,18-/m1/s1. The summed E-state index contributed by atoms with van der Waals surface area (Å²) in [5.74, 6) is 0.541. The molecule has 2 aromatic carbocycles. The molecule has 2 aromatic rings. The normalized spacial score (nSPS) is 15.0. The van der Waals surface area contributed by atoms with Gasteiger partial charge in [0.2, 0.25) is 0 Å². The highest BCUT2D eigenvalue weighted by molar-refractivity contribution is 9.10. The zero-order valence-corrected chi connectivity index (χ0v) is 13.8. The number of benzene rings is 2. The van der Waals surface area contributed by atoms with Gasteiger partial charge in [-0.3, -0.25) is 0 Å². The molecular weight excluding hydrogens is 328 g/mol. The fourth-order valence-corrected chi connectivity index (χ4v) is 2.76. The van der Waals surface area contributed by atoms with Gasteiger partial charge in [-0.2, -0.15) is 0 Å². The van der Waals surface area contributed by atoms with Crippen LogP contribution in [0.25, 0.3) is 0 Å². The minimum Gasteiger partial charge on any atom is -0.497 e. The molecule has 2 rings (SSSR count). The van der Waals surface area contributed by atoms with Crippen LogP contribution in [0.2, 0.25) is 0 Å². The highest BCUT2D eigenvalue weighted by Crippen LogP contribution is 2.38. The van der Waals surface area contributed by atoms with E-state index in [0.717, 1.165) is 21.3 Å². The Morgan fingerprint density at radius 2 is 1.90 bits per heavy atom.